The van der Waals surface area contributed by atoms with E-state index < -0.39 is 40.4 Å². The van der Waals surface area contributed by atoms with E-state index in [-0.39, 0.29) is 17.5 Å². The topological polar surface area (TPSA) is 78.0 Å². The number of carbonyl (C=O) groups excluding carboxylic acids is 2. The maximum Gasteiger partial charge on any atom is 0.410 e. The van der Waals surface area contributed by atoms with E-state index in [9.17, 15) is 22.8 Å². The fourth-order valence-corrected chi connectivity index (χ4v) is 3.22. The molecule has 34 heavy (non-hydrogen) atoms. The molecule has 0 bridgehead atoms. The summed E-state index contributed by atoms with van der Waals surface area (Å²) in [6.45, 7) is 6.12. The molecule has 2 aromatic rings. The van der Waals surface area contributed by atoms with E-state index in [1.165, 1.54) is 0 Å². The number of amides is 1. The predicted molar refractivity (Wildman–Crippen MR) is 119 cm³/mol. The number of hydrogen-bond donors (Lipinski definition) is 0. The van der Waals surface area contributed by atoms with Crippen LogP contribution in [0.2, 0.25) is 0 Å². The summed E-state index contributed by atoms with van der Waals surface area (Å²) in [5, 5.41) is 0. The van der Waals surface area contributed by atoms with Gasteiger partial charge in [0.1, 0.15) is 46.3 Å². The Morgan fingerprint density at radius 3 is 2.12 bits per heavy atom. The monoisotopic (exact) mass is 482 g/mol. The van der Waals surface area contributed by atoms with Crippen molar-refractivity contribution in [1.82, 2.24) is 9.88 Å². The highest BCUT2D eigenvalue weighted by atomic mass is 19.1. The van der Waals surface area contributed by atoms with Crippen molar-refractivity contribution in [2.45, 2.75) is 45.3 Å². The molecule has 1 aliphatic rings. The van der Waals surface area contributed by atoms with Crippen LogP contribution in [0.1, 0.15) is 44.1 Å². The summed E-state index contributed by atoms with van der Waals surface area (Å²) in [6.07, 6.45) is 0.514. The van der Waals surface area contributed by atoms with Gasteiger partial charge >= 0.3 is 6.09 Å². The van der Waals surface area contributed by atoms with Gasteiger partial charge in [0.25, 0.3) is 0 Å². The molecule has 0 saturated carbocycles. The highest BCUT2D eigenvalue weighted by Gasteiger charge is 2.28. The lowest BCUT2D eigenvalue weighted by Crippen LogP contribution is -2.44. The Balaban J connectivity index is 0.00000129. The molecule has 3 rings (SSSR count). The Morgan fingerprint density at radius 1 is 1.06 bits per heavy atom. The number of pyridine rings is 1. The average molecular weight is 482 g/mol. The lowest BCUT2D eigenvalue weighted by molar-refractivity contribution is 0.0126. The Bertz CT molecular complexity index is 980. The van der Waals surface area contributed by atoms with E-state index in [1.807, 2.05) is 0 Å². The zero-order valence-electron chi connectivity index (χ0n) is 19.9. The number of nitrogens with zero attached hydrogens (tertiary/aromatic N) is 2. The number of benzene rings is 1. The smallest absolute Gasteiger partial charge is 0.410 e. The highest BCUT2D eigenvalue weighted by Crippen LogP contribution is 2.31. The van der Waals surface area contributed by atoms with E-state index in [0.29, 0.717) is 32.2 Å². The second-order valence-electron chi connectivity index (χ2n) is 8.64. The maximum absolute atomic E-state index is 14.6. The number of halogens is 3. The Morgan fingerprint density at radius 2 is 1.62 bits per heavy atom. The fraction of sp³-hybridized carbons (Fsp3) is 0.458. The summed E-state index contributed by atoms with van der Waals surface area (Å²) in [4.78, 5) is 28.2. The van der Waals surface area contributed by atoms with E-state index >= 15 is 0 Å². The van der Waals surface area contributed by atoms with Gasteiger partial charge in [-0.15, -0.1) is 0 Å². The van der Waals surface area contributed by atoms with Gasteiger partial charge in [0, 0.05) is 52.3 Å². The molecule has 0 N–H and O–H groups in total. The van der Waals surface area contributed by atoms with Crippen LogP contribution in [0, 0.1) is 17.5 Å². The molecule has 1 saturated heterocycles. The van der Waals surface area contributed by atoms with Crippen molar-refractivity contribution in [2.24, 2.45) is 0 Å². The Labute approximate surface area is 196 Å². The molecule has 0 atom stereocenters. The van der Waals surface area contributed by atoms with Crippen LogP contribution in [0.4, 0.5) is 18.0 Å². The normalized spacial score (nSPS) is 14.2. The molecule has 10 heteroatoms. The van der Waals surface area contributed by atoms with Crippen LogP contribution in [0.15, 0.2) is 24.3 Å². The molecule has 1 aromatic heterocycles. The van der Waals surface area contributed by atoms with Gasteiger partial charge in [-0.1, -0.05) is 0 Å². The van der Waals surface area contributed by atoms with Gasteiger partial charge in [-0.2, -0.15) is 0 Å². The Hall–Kier alpha value is -3.14. The van der Waals surface area contributed by atoms with Gasteiger partial charge in [-0.05, 0) is 32.9 Å². The third-order valence-electron chi connectivity index (χ3n) is 4.64. The van der Waals surface area contributed by atoms with Crippen molar-refractivity contribution >= 4 is 12.4 Å². The number of aldehydes is 1. The van der Waals surface area contributed by atoms with Crippen LogP contribution in [0.5, 0.6) is 5.75 Å². The molecule has 1 aromatic carbocycles. The maximum atomic E-state index is 14.6. The second-order valence-corrected chi connectivity index (χ2v) is 8.64. The van der Waals surface area contributed by atoms with Gasteiger partial charge < -0.3 is 19.1 Å². The van der Waals surface area contributed by atoms with Crippen LogP contribution < -0.4 is 4.74 Å². The molecular weight excluding hydrogens is 453 g/mol. The van der Waals surface area contributed by atoms with Crippen molar-refractivity contribution < 1.29 is 37.0 Å². The minimum Gasteiger partial charge on any atom is -0.490 e. The summed E-state index contributed by atoms with van der Waals surface area (Å²) in [5.74, 6) is -3.13. The number of methoxy groups -OCH3 is 1. The number of ether oxygens (including phenoxy) is 3. The summed E-state index contributed by atoms with van der Waals surface area (Å²) in [7, 11) is 3.25. The number of likely N-dealkylation sites (tertiary alicyclic amines) is 1. The molecule has 7 nitrogen and oxygen atoms in total. The van der Waals surface area contributed by atoms with Crippen molar-refractivity contribution in [3.05, 3.63) is 47.4 Å². The molecule has 1 fully saturated rings. The van der Waals surface area contributed by atoms with E-state index in [4.69, 9.17) is 9.47 Å². The molecular formula is C24H29F3N2O5. The molecule has 0 radical (unpaired) electrons. The fourth-order valence-electron chi connectivity index (χ4n) is 3.22. The number of carbonyl (C=O) groups is 2. The van der Waals surface area contributed by atoms with Crippen molar-refractivity contribution in [3.63, 3.8) is 0 Å². The highest BCUT2D eigenvalue weighted by molar-refractivity contribution is 5.74. The first-order chi connectivity index (χ1) is 16.0. The van der Waals surface area contributed by atoms with Gasteiger partial charge in [0.2, 0.25) is 0 Å². The molecule has 186 valence electrons. The lowest BCUT2D eigenvalue weighted by atomic mass is 10.1. The SMILES string of the molecule is CC(C)(C)OC(=O)N1CCC(Oc2cc(F)c(-c3nc(C=O)ccc3F)c(F)c2)CC1.COC. The number of hydrogen-bond acceptors (Lipinski definition) is 6. The van der Waals surface area contributed by atoms with Crippen molar-refractivity contribution in [1.29, 1.82) is 0 Å². The Kier molecular flexibility index (Phi) is 9.43. The van der Waals surface area contributed by atoms with E-state index in [2.05, 4.69) is 9.72 Å². The molecule has 2 heterocycles. The first-order valence-electron chi connectivity index (χ1n) is 10.6. The molecule has 0 unspecified atom stereocenters. The third kappa shape index (κ3) is 7.44. The quantitative estimate of drug-likeness (QED) is 0.570. The number of piperidine rings is 1. The van der Waals surface area contributed by atoms with Crippen molar-refractivity contribution in [3.8, 4) is 17.0 Å². The average Bonchev–Trinajstić information content (AvgIpc) is 2.74. The first-order valence-corrected chi connectivity index (χ1v) is 10.6. The number of rotatable bonds is 4. The van der Waals surface area contributed by atoms with Crippen LogP contribution in [-0.4, -0.2) is 61.3 Å². The van der Waals surface area contributed by atoms with Crippen LogP contribution in [-0.2, 0) is 9.47 Å². The van der Waals surface area contributed by atoms with E-state index in [1.54, 1.807) is 39.9 Å². The minimum atomic E-state index is -1.06. The summed E-state index contributed by atoms with van der Waals surface area (Å²) in [5.41, 5.74) is -2.00. The molecule has 1 aliphatic heterocycles. The first kappa shape index (κ1) is 27.1. The summed E-state index contributed by atoms with van der Waals surface area (Å²) in [6, 6.07) is 3.94. The zero-order valence-corrected chi connectivity index (χ0v) is 19.9. The van der Waals surface area contributed by atoms with Gasteiger partial charge in [-0.3, -0.25) is 4.79 Å². The third-order valence-corrected chi connectivity index (χ3v) is 4.64. The molecule has 0 spiro atoms. The van der Waals surface area contributed by atoms with Crippen LogP contribution in [0.3, 0.4) is 0 Å². The van der Waals surface area contributed by atoms with Crippen LogP contribution in [0.25, 0.3) is 11.3 Å². The summed E-state index contributed by atoms with van der Waals surface area (Å²) >= 11 is 0. The summed E-state index contributed by atoms with van der Waals surface area (Å²) < 4.78 is 58.5. The van der Waals surface area contributed by atoms with Crippen molar-refractivity contribution in [2.75, 3.05) is 27.3 Å². The number of aromatic nitrogens is 1. The molecule has 0 aliphatic carbocycles. The predicted octanol–water partition coefficient (Wildman–Crippen LogP) is 5.02. The second kappa shape index (κ2) is 11.8. The standard InChI is InChI=1S/C22H23F3N2O4.C2H6O/c1-22(2,3)31-21(29)27-8-6-14(7-9-27)30-15-10-17(24)19(18(25)11-15)20-16(23)5-4-13(12-28)26-20;1-3-2/h4-5,10-12,14H,6-9H2,1-3H3;1-2H3. The lowest BCUT2D eigenvalue weighted by Gasteiger charge is -2.33. The van der Waals surface area contributed by atoms with Gasteiger partial charge in [0.15, 0.2) is 6.29 Å². The minimum absolute atomic E-state index is 0.0542. The molecule has 1 amide bonds. The van der Waals surface area contributed by atoms with Gasteiger partial charge in [0.05, 0.1) is 5.56 Å². The van der Waals surface area contributed by atoms with Crippen LogP contribution >= 0.6 is 0 Å². The zero-order chi connectivity index (χ0) is 25.5. The van der Waals surface area contributed by atoms with Gasteiger partial charge in [-0.25, -0.2) is 22.9 Å². The largest absolute Gasteiger partial charge is 0.490 e. The van der Waals surface area contributed by atoms with E-state index in [0.717, 1.165) is 24.3 Å².